The third-order valence-electron chi connectivity index (χ3n) is 5.16. The van der Waals surface area contributed by atoms with Crippen LogP contribution in [0.5, 0.6) is 0 Å². The fourth-order valence-corrected chi connectivity index (χ4v) is 6.01. The molecule has 7 heteroatoms. The number of fused-ring (bicyclic) bond motifs is 1. The molecule has 1 aliphatic heterocycles. The number of nitrogens with zero attached hydrogens (tertiary/aromatic N) is 3. The molecule has 30 heavy (non-hydrogen) atoms. The first-order valence-electron chi connectivity index (χ1n) is 10.1. The monoisotopic (exact) mass is 551 g/mol. The van der Waals surface area contributed by atoms with E-state index in [1.165, 1.54) is 4.90 Å². The molecule has 3 heterocycles. The molecule has 0 radical (unpaired) electrons. The SMILES string of the molecule is CCCC[n+]1ccccc1/C=c1\s/c(=C2/Sc3ccccc3N2C)c(=O)n1CC.[I-]. The molecule has 0 amide bonds. The maximum absolute atomic E-state index is 13.2. The molecule has 0 spiro atoms. The maximum Gasteiger partial charge on any atom is 0.271 e. The molecule has 4 nitrogen and oxygen atoms in total. The molecule has 158 valence electrons. The Balaban J connectivity index is 0.00000256. The van der Waals surface area contributed by atoms with Crippen LogP contribution < -0.4 is 48.2 Å². The first-order valence-corrected chi connectivity index (χ1v) is 11.7. The molecule has 0 bridgehead atoms. The standard InChI is InChI=1S/C23H26N3OS2.HI/c1-4-6-14-25-15-10-9-11-17(25)16-20-26(5-2)22(27)21(29-20)23-24(3)18-12-7-8-13-19(18)28-23;/h7-13,15-16H,4-6,14H2,1-3H3;1H/q+1;/p-1/b23-21+;. The molecular formula is C23H26IN3OS2. The number of aromatic nitrogens is 2. The molecule has 3 aromatic rings. The van der Waals surface area contributed by atoms with Crippen LogP contribution in [0.25, 0.3) is 11.1 Å². The van der Waals surface area contributed by atoms with E-state index in [1.807, 2.05) is 30.7 Å². The Hall–Kier alpha value is -1.58. The molecule has 1 aromatic carbocycles. The number of halogens is 1. The predicted molar refractivity (Wildman–Crippen MR) is 123 cm³/mol. The number of thioether (sulfide) groups is 1. The lowest BCUT2D eigenvalue weighted by atomic mass is 10.3. The fraction of sp³-hybridized carbons (Fsp3) is 0.304. The van der Waals surface area contributed by atoms with Gasteiger partial charge in [0.2, 0.25) is 5.69 Å². The van der Waals surface area contributed by atoms with Gasteiger partial charge in [0, 0.05) is 43.1 Å². The van der Waals surface area contributed by atoms with Crippen LogP contribution in [0.2, 0.25) is 0 Å². The quantitative estimate of drug-likeness (QED) is 0.335. The zero-order valence-corrected chi connectivity index (χ0v) is 21.3. The first kappa shape index (κ1) is 23.1. The van der Waals surface area contributed by atoms with Gasteiger partial charge in [-0.05, 0) is 25.1 Å². The van der Waals surface area contributed by atoms with Crippen molar-refractivity contribution in [1.82, 2.24) is 4.57 Å². The minimum atomic E-state index is 0. The van der Waals surface area contributed by atoms with Crippen molar-refractivity contribution < 1.29 is 28.5 Å². The number of rotatable bonds is 5. The van der Waals surface area contributed by atoms with E-state index < -0.39 is 0 Å². The summed E-state index contributed by atoms with van der Waals surface area (Å²) in [6, 6.07) is 14.6. The zero-order valence-electron chi connectivity index (χ0n) is 17.5. The number of hydrogen-bond donors (Lipinski definition) is 0. The lowest BCUT2D eigenvalue weighted by Gasteiger charge is -2.11. The lowest BCUT2D eigenvalue weighted by Crippen LogP contribution is -3.00. The topological polar surface area (TPSA) is 29.1 Å². The van der Waals surface area contributed by atoms with Gasteiger partial charge in [-0.25, -0.2) is 0 Å². The summed E-state index contributed by atoms with van der Waals surface area (Å²) in [6.07, 6.45) is 6.58. The van der Waals surface area contributed by atoms with Crippen molar-refractivity contribution in [3.8, 4) is 0 Å². The van der Waals surface area contributed by atoms with Crippen molar-refractivity contribution in [3.05, 3.63) is 73.9 Å². The Kier molecular flexibility index (Phi) is 7.81. The van der Waals surface area contributed by atoms with Crippen molar-refractivity contribution in [2.24, 2.45) is 0 Å². The van der Waals surface area contributed by atoms with Gasteiger partial charge in [0.05, 0.1) is 5.69 Å². The highest BCUT2D eigenvalue weighted by atomic mass is 127. The van der Waals surface area contributed by atoms with Crippen LogP contribution >= 0.6 is 23.1 Å². The van der Waals surface area contributed by atoms with E-state index in [4.69, 9.17) is 0 Å². The van der Waals surface area contributed by atoms with Crippen LogP contribution in [0.1, 0.15) is 32.4 Å². The average molecular weight is 552 g/mol. The van der Waals surface area contributed by atoms with E-state index in [0.717, 1.165) is 45.0 Å². The van der Waals surface area contributed by atoms with Crippen LogP contribution in [0.4, 0.5) is 5.69 Å². The molecule has 2 aromatic heterocycles. The lowest BCUT2D eigenvalue weighted by molar-refractivity contribution is -0.699. The van der Waals surface area contributed by atoms with Crippen molar-refractivity contribution in [2.75, 3.05) is 11.9 Å². The summed E-state index contributed by atoms with van der Waals surface area (Å²) in [5.41, 5.74) is 2.40. The van der Waals surface area contributed by atoms with Gasteiger partial charge in [0.25, 0.3) is 5.56 Å². The maximum atomic E-state index is 13.2. The van der Waals surface area contributed by atoms with Crippen molar-refractivity contribution >= 4 is 39.9 Å². The molecule has 4 rings (SSSR count). The van der Waals surface area contributed by atoms with Crippen molar-refractivity contribution in [3.63, 3.8) is 0 Å². The molecule has 0 aliphatic carbocycles. The van der Waals surface area contributed by atoms with Gasteiger partial charge in [0.1, 0.15) is 20.8 Å². The number of thiazole rings is 1. The van der Waals surface area contributed by atoms with E-state index in [0.29, 0.717) is 6.54 Å². The first-order chi connectivity index (χ1) is 14.1. The van der Waals surface area contributed by atoms with Gasteiger partial charge in [0.15, 0.2) is 6.20 Å². The number of unbranched alkanes of at least 4 members (excludes halogenated alkanes) is 1. The molecule has 0 saturated heterocycles. The van der Waals surface area contributed by atoms with E-state index in [2.05, 4.69) is 59.0 Å². The van der Waals surface area contributed by atoms with Gasteiger partial charge < -0.3 is 28.9 Å². The molecular weight excluding hydrogens is 525 g/mol. The van der Waals surface area contributed by atoms with Crippen molar-refractivity contribution in [2.45, 2.75) is 44.7 Å². The summed E-state index contributed by atoms with van der Waals surface area (Å²) in [5.74, 6) is 0. The Morgan fingerprint density at radius 1 is 1.10 bits per heavy atom. The molecule has 0 atom stereocenters. The van der Waals surface area contributed by atoms with E-state index >= 15 is 0 Å². The Morgan fingerprint density at radius 2 is 1.87 bits per heavy atom. The highest BCUT2D eigenvalue weighted by Gasteiger charge is 2.24. The number of hydrogen-bond acceptors (Lipinski definition) is 4. The van der Waals surface area contributed by atoms with E-state index in [-0.39, 0.29) is 29.5 Å². The second kappa shape index (κ2) is 10.2. The number of para-hydroxylation sites is 1. The summed E-state index contributed by atoms with van der Waals surface area (Å²) in [5, 5.41) is 1.02. The van der Waals surface area contributed by atoms with Gasteiger partial charge >= 0.3 is 0 Å². The van der Waals surface area contributed by atoms with Gasteiger partial charge in [-0.15, -0.1) is 11.3 Å². The predicted octanol–water partition coefficient (Wildman–Crippen LogP) is 0.158. The minimum absolute atomic E-state index is 0. The summed E-state index contributed by atoms with van der Waals surface area (Å²) in [6.45, 7) is 5.90. The minimum Gasteiger partial charge on any atom is -1.00 e. The van der Waals surface area contributed by atoms with Crippen LogP contribution in [-0.2, 0) is 13.1 Å². The largest absolute Gasteiger partial charge is 1.00 e. The van der Waals surface area contributed by atoms with Gasteiger partial charge in [-0.1, -0.05) is 37.2 Å². The Morgan fingerprint density at radius 3 is 2.60 bits per heavy atom. The summed E-state index contributed by atoms with van der Waals surface area (Å²) < 4.78 is 5.98. The normalized spacial score (nSPS) is 15.3. The number of aryl methyl sites for hydroxylation is 1. The molecule has 0 fully saturated rings. The summed E-state index contributed by atoms with van der Waals surface area (Å²) in [4.78, 5) is 16.6. The number of anilines is 1. The smallest absolute Gasteiger partial charge is 0.271 e. The van der Waals surface area contributed by atoms with Crippen molar-refractivity contribution in [1.29, 1.82) is 0 Å². The number of benzene rings is 1. The van der Waals surface area contributed by atoms with Crippen LogP contribution in [0, 0.1) is 0 Å². The zero-order chi connectivity index (χ0) is 20.4. The second-order valence-electron chi connectivity index (χ2n) is 7.07. The average Bonchev–Trinajstić information content (AvgIpc) is 3.23. The molecule has 0 unspecified atom stereocenters. The van der Waals surface area contributed by atoms with E-state index in [1.54, 1.807) is 23.1 Å². The molecule has 0 saturated carbocycles. The second-order valence-corrected chi connectivity index (χ2v) is 9.13. The van der Waals surface area contributed by atoms with Gasteiger partial charge in [-0.2, -0.15) is 4.57 Å². The fourth-order valence-electron chi connectivity index (χ4n) is 3.55. The Bertz CT molecular complexity index is 1220. The summed E-state index contributed by atoms with van der Waals surface area (Å²) >= 11 is 3.28. The van der Waals surface area contributed by atoms with Crippen LogP contribution in [0.15, 0.2) is 58.4 Å². The van der Waals surface area contributed by atoms with E-state index in [9.17, 15) is 4.79 Å². The molecule has 0 N–H and O–H groups in total. The third-order valence-corrected chi connectivity index (χ3v) is 7.65. The summed E-state index contributed by atoms with van der Waals surface area (Å²) in [7, 11) is 2.04. The van der Waals surface area contributed by atoms with Crippen LogP contribution in [-0.4, -0.2) is 11.6 Å². The third kappa shape index (κ3) is 4.38. The van der Waals surface area contributed by atoms with Crippen LogP contribution in [0.3, 0.4) is 0 Å². The highest BCUT2D eigenvalue weighted by molar-refractivity contribution is 8.08. The highest BCUT2D eigenvalue weighted by Crippen LogP contribution is 2.44. The Labute approximate surface area is 202 Å². The number of pyridine rings is 1. The molecule has 1 aliphatic rings. The van der Waals surface area contributed by atoms with Gasteiger partial charge in [-0.3, -0.25) is 9.36 Å².